The SMILES string of the molecule is O=C(COC1CCOC2(CCN(C3CCCCC3)CC2)C1)N1CCOCC1. The summed E-state index contributed by atoms with van der Waals surface area (Å²) in [6.07, 6.45) is 11.2. The molecule has 0 radical (unpaired) electrons. The van der Waals surface area contributed by atoms with Crippen LogP contribution in [0.3, 0.4) is 0 Å². The quantitative estimate of drug-likeness (QED) is 0.748. The van der Waals surface area contributed by atoms with Crippen molar-refractivity contribution in [1.29, 1.82) is 0 Å². The highest BCUT2D eigenvalue weighted by Gasteiger charge is 2.42. The first-order valence-electron chi connectivity index (χ1n) is 11.1. The molecule has 0 aromatic heterocycles. The van der Waals surface area contributed by atoms with Crippen LogP contribution in [0.2, 0.25) is 0 Å². The summed E-state index contributed by atoms with van der Waals surface area (Å²) in [6, 6.07) is 0.804. The first-order valence-corrected chi connectivity index (χ1v) is 11.1. The van der Waals surface area contributed by atoms with Crippen LogP contribution >= 0.6 is 0 Å². The van der Waals surface area contributed by atoms with E-state index in [4.69, 9.17) is 14.2 Å². The normalized spacial score (nSPS) is 30.5. The number of hydrogen-bond acceptors (Lipinski definition) is 5. The maximum Gasteiger partial charge on any atom is 0.248 e. The van der Waals surface area contributed by atoms with E-state index in [0.29, 0.717) is 26.3 Å². The van der Waals surface area contributed by atoms with Crippen molar-refractivity contribution in [3.05, 3.63) is 0 Å². The zero-order valence-corrected chi connectivity index (χ0v) is 16.7. The van der Waals surface area contributed by atoms with E-state index in [1.807, 2.05) is 4.90 Å². The van der Waals surface area contributed by atoms with Crippen LogP contribution in [-0.4, -0.2) is 86.1 Å². The largest absolute Gasteiger partial charge is 0.378 e. The summed E-state index contributed by atoms with van der Waals surface area (Å²) in [6.45, 7) is 5.95. The third-order valence-corrected chi connectivity index (χ3v) is 7.05. The number of hydrogen-bond donors (Lipinski definition) is 0. The molecule has 3 heterocycles. The molecular weight excluding hydrogens is 344 g/mol. The van der Waals surface area contributed by atoms with E-state index in [-0.39, 0.29) is 24.2 Å². The van der Waals surface area contributed by atoms with Crippen LogP contribution in [-0.2, 0) is 19.0 Å². The van der Waals surface area contributed by atoms with Crippen molar-refractivity contribution in [2.24, 2.45) is 0 Å². The lowest BCUT2D eigenvalue weighted by atomic mass is 9.82. The van der Waals surface area contributed by atoms with Crippen molar-refractivity contribution in [3.63, 3.8) is 0 Å². The van der Waals surface area contributed by atoms with Gasteiger partial charge in [0.1, 0.15) is 6.61 Å². The Morgan fingerprint density at radius 3 is 2.44 bits per heavy atom. The first-order chi connectivity index (χ1) is 13.2. The van der Waals surface area contributed by atoms with E-state index in [1.165, 1.54) is 32.1 Å². The molecule has 0 aromatic rings. The van der Waals surface area contributed by atoms with E-state index < -0.39 is 0 Å². The van der Waals surface area contributed by atoms with Gasteiger partial charge in [-0.3, -0.25) is 4.79 Å². The zero-order chi connectivity index (χ0) is 18.5. The minimum atomic E-state index is -0.0178. The third kappa shape index (κ3) is 5.03. The predicted molar refractivity (Wildman–Crippen MR) is 103 cm³/mol. The van der Waals surface area contributed by atoms with Gasteiger partial charge >= 0.3 is 0 Å². The summed E-state index contributed by atoms with van der Waals surface area (Å²) in [5, 5.41) is 0. The van der Waals surface area contributed by atoms with Gasteiger partial charge in [-0.25, -0.2) is 0 Å². The lowest BCUT2D eigenvalue weighted by molar-refractivity contribution is -0.166. The van der Waals surface area contributed by atoms with E-state index in [0.717, 1.165) is 51.4 Å². The molecule has 4 rings (SSSR count). The van der Waals surface area contributed by atoms with Gasteiger partial charge in [-0.05, 0) is 32.1 Å². The van der Waals surface area contributed by atoms with Gasteiger partial charge in [-0.2, -0.15) is 0 Å². The molecule has 3 saturated heterocycles. The molecule has 6 heteroatoms. The Hall–Kier alpha value is -0.690. The molecule has 1 aliphatic carbocycles. The second kappa shape index (κ2) is 9.21. The highest BCUT2D eigenvalue weighted by Crippen LogP contribution is 2.37. The summed E-state index contributed by atoms with van der Waals surface area (Å²) < 4.78 is 17.6. The van der Waals surface area contributed by atoms with Gasteiger partial charge in [0.05, 0.1) is 24.9 Å². The second-order valence-corrected chi connectivity index (χ2v) is 8.78. The summed E-state index contributed by atoms with van der Waals surface area (Å²) in [5.41, 5.74) is -0.0178. The van der Waals surface area contributed by atoms with Crippen molar-refractivity contribution in [2.45, 2.75) is 75.5 Å². The fraction of sp³-hybridized carbons (Fsp3) is 0.952. The van der Waals surface area contributed by atoms with Gasteiger partial charge < -0.3 is 24.0 Å². The lowest BCUT2D eigenvalue weighted by Crippen LogP contribution is -2.53. The number of carbonyl (C=O) groups is 1. The van der Waals surface area contributed by atoms with Crippen LogP contribution in [0.15, 0.2) is 0 Å². The molecule has 154 valence electrons. The number of piperidine rings is 1. The Balaban J connectivity index is 1.22. The van der Waals surface area contributed by atoms with Crippen molar-refractivity contribution < 1.29 is 19.0 Å². The number of morpholine rings is 1. The maximum atomic E-state index is 12.3. The van der Waals surface area contributed by atoms with Crippen LogP contribution in [0.25, 0.3) is 0 Å². The van der Waals surface area contributed by atoms with Crippen LogP contribution < -0.4 is 0 Å². The predicted octanol–water partition coefficient (Wildman–Crippen LogP) is 2.21. The average Bonchev–Trinajstić information content (AvgIpc) is 2.74. The molecule has 0 bridgehead atoms. The smallest absolute Gasteiger partial charge is 0.248 e. The molecule has 1 spiro atoms. The molecule has 0 N–H and O–H groups in total. The Labute approximate surface area is 163 Å². The molecule has 27 heavy (non-hydrogen) atoms. The number of nitrogens with zero attached hydrogens (tertiary/aromatic N) is 2. The molecule has 3 aliphatic heterocycles. The van der Waals surface area contributed by atoms with Gasteiger partial charge in [-0.15, -0.1) is 0 Å². The van der Waals surface area contributed by atoms with Crippen molar-refractivity contribution in [2.75, 3.05) is 52.6 Å². The number of likely N-dealkylation sites (tertiary alicyclic amines) is 1. The molecule has 1 amide bonds. The number of carbonyl (C=O) groups excluding carboxylic acids is 1. The van der Waals surface area contributed by atoms with E-state index in [2.05, 4.69) is 4.90 Å². The fourth-order valence-corrected chi connectivity index (χ4v) is 5.31. The zero-order valence-electron chi connectivity index (χ0n) is 16.7. The molecule has 4 aliphatic rings. The molecule has 1 saturated carbocycles. The second-order valence-electron chi connectivity index (χ2n) is 8.78. The van der Waals surface area contributed by atoms with Crippen LogP contribution in [0.5, 0.6) is 0 Å². The summed E-state index contributed by atoms with van der Waals surface area (Å²) in [7, 11) is 0. The van der Waals surface area contributed by atoms with Crippen molar-refractivity contribution >= 4 is 5.91 Å². The molecule has 4 fully saturated rings. The van der Waals surface area contributed by atoms with Gasteiger partial charge in [0.15, 0.2) is 0 Å². The Bertz CT molecular complexity index is 481. The van der Waals surface area contributed by atoms with Crippen molar-refractivity contribution in [1.82, 2.24) is 9.80 Å². The molecule has 6 nitrogen and oxygen atoms in total. The first kappa shape index (κ1) is 19.6. The van der Waals surface area contributed by atoms with Gasteiger partial charge in [0.25, 0.3) is 0 Å². The minimum Gasteiger partial charge on any atom is -0.378 e. The maximum absolute atomic E-state index is 12.3. The molecule has 1 atom stereocenters. The van der Waals surface area contributed by atoms with Crippen molar-refractivity contribution in [3.8, 4) is 0 Å². The van der Waals surface area contributed by atoms with Crippen LogP contribution in [0.1, 0.15) is 57.8 Å². The third-order valence-electron chi connectivity index (χ3n) is 7.05. The number of ether oxygens (including phenoxy) is 3. The lowest BCUT2D eigenvalue weighted by Gasteiger charge is -2.48. The van der Waals surface area contributed by atoms with E-state index >= 15 is 0 Å². The Kier molecular flexibility index (Phi) is 6.69. The summed E-state index contributed by atoms with van der Waals surface area (Å²) in [4.78, 5) is 16.9. The highest BCUT2D eigenvalue weighted by atomic mass is 16.5. The van der Waals surface area contributed by atoms with Crippen LogP contribution in [0.4, 0.5) is 0 Å². The monoisotopic (exact) mass is 380 g/mol. The number of rotatable bonds is 4. The van der Waals surface area contributed by atoms with E-state index in [1.54, 1.807) is 0 Å². The Morgan fingerprint density at radius 2 is 1.70 bits per heavy atom. The highest BCUT2D eigenvalue weighted by molar-refractivity contribution is 5.77. The van der Waals surface area contributed by atoms with Gasteiger partial charge in [0, 0.05) is 45.2 Å². The minimum absolute atomic E-state index is 0.0178. The van der Waals surface area contributed by atoms with Gasteiger partial charge in [-0.1, -0.05) is 19.3 Å². The number of amides is 1. The fourth-order valence-electron chi connectivity index (χ4n) is 5.31. The standard InChI is InChI=1S/C21H36N2O4/c24-20(23-11-14-25-15-12-23)17-26-19-6-13-27-21(16-19)7-9-22(10-8-21)18-4-2-1-3-5-18/h18-19H,1-17H2. The summed E-state index contributed by atoms with van der Waals surface area (Å²) >= 11 is 0. The van der Waals surface area contributed by atoms with Gasteiger partial charge in [0.2, 0.25) is 5.91 Å². The summed E-state index contributed by atoms with van der Waals surface area (Å²) in [5.74, 6) is 0.103. The molecule has 1 unspecified atom stereocenters. The van der Waals surface area contributed by atoms with E-state index in [9.17, 15) is 4.79 Å². The topological polar surface area (TPSA) is 51.2 Å². The molecule has 0 aromatic carbocycles. The molecular formula is C21H36N2O4. The van der Waals surface area contributed by atoms with Crippen LogP contribution in [0, 0.1) is 0 Å². The Morgan fingerprint density at radius 1 is 0.963 bits per heavy atom. The average molecular weight is 381 g/mol.